The number of benzene rings is 2. The molecule has 0 atom stereocenters. The number of unbranched alkanes of at least 4 members (excludes halogenated alkanes) is 3. The molecule has 0 saturated heterocycles. The fraction of sp³-hybridized carbons (Fsp3) is 0.417. The van der Waals surface area contributed by atoms with E-state index in [2.05, 4.69) is 54.5 Å². The summed E-state index contributed by atoms with van der Waals surface area (Å²) in [6, 6.07) is 12.5. The van der Waals surface area contributed by atoms with Crippen LogP contribution in [-0.4, -0.2) is 18.4 Å². The molecule has 2 aromatic rings. The minimum atomic E-state index is -0.398. The SMILES string of the molecule is CCCCCCOc1ccc(C(=O)NNC(=O)c2ccc(C(C)(C)C)cc2)cc1Br. The van der Waals surface area contributed by atoms with E-state index in [4.69, 9.17) is 4.74 Å². The summed E-state index contributed by atoms with van der Waals surface area (Å²) in [4.78, 5) is 24.7. The maximum atomic E-state index is 12.4. The maximum Gasteiger partial charge on any atom is 0.269 e. The van der Waals surface area contributed by atoms with Crippen LogP contribution >= 0.6 is 15.9 Å². The van der Waals surface area contributed by atoms with E-state index in [0.29, 0.717) is 28.0 Å². The van der Waals surface area contributed by atoms with Crippen LogP contribution in [0.4, 0.5) is 0 Å². The van der Waals surface area contributed by atoms with Crippen LogP contribution in [0.5, 0.6) is 5.75 Å². The second kappa shape index (κ2) is 11.2. The number of nitrogens with one attached hydrogen (secondary N) is 2. The topological polar surface area (TPSA) is 67.4 Å². The molecule has 0 aliphatic heterocycles. The Hall–Kier alpha value is -2.34. The Morgan fingerprint density at radius 1 is 0.900 bits per heavy atom. The van der Waals surface area contributed by atoms with Gasteiger partial charge in [0.05, 0.1) is 11.1 Å². The molecule has 2 aromatic carbocycles. The number of halogens is 1. The Bertz CT molecular complexity index is 858. The smallest absolute Gasteiger partial charge is 0.269 e. The minimum absolute atomic E-state index is 0.0159. The first kappa shape index (κ1) is 23.9. The molecule has 0 spiro atoms. The van der Waals surface area contributed by atoms with Crippen LogP contribution in [0.15, 0.2) is 46.9 Å². The third kappa shape index (κ3) is 7.17. The predicted octanol–water partition coefficient (Wildman–Crippen LogP) is 5.78. The number of ether oxygens (including phenoxy) is 1. The number of hydrazine groups is 1. The summed E-state index contributed by atoms with van der Waals surface area (Å²) < 4.78 is 6.46. The second-order valence-electron chi connectivity index (χ2n) is 8.29. The molecule has 30 heavy (non-hydrogen) atoms. The fourth-order valence-electron chi connectivity index (χ4n) is 2.85. The molecule has 0 aromatic heterocycles. The van der Waals surface area contributed by atoms with Gasteiger partial charge in [-0.2, -0.15) is 0 Å². The highest BCUT2D eigenvalue weighted by Crippen LogP contribution is 2.26. The highest BCUT2D eigenvalue weighted by molar-refractivity contribution is 9.10. The van der Waals surface area contributed by atoms with Crippen molar-refractivity contribution in [3.05, 3.63) is 63.6 Å². The second-order valence-corrected chi connectivity index (χ2v) is 9.14. The number of amides is 2. The lowest BCUT2D eigenvalue weighted by Gasteiger charge is -2.19. The van der Waals surface area contributed by atoms with Crippen LogP contribution < -0.4 is 15.6 Å². The van der Waals surface area contributed by atoms with Gasteiger partial charge in [-0.25, -0.2) is 0 Å². The maximum absolute atomic E-state index is 12.4. The van der Waals surface area contributed by atoms with Crippen molar-refractivity contribution in [2.45, 2.75) is 58.8 Å². The molecule has 2 amide bonds. The largest absolute Gasteiger partial charge is 0.492 e. The van der Waals surface area contributed by atoms with Gasteiger partial charge in [-0.1, -0.05) is 59.1 Å². The monoisotopic (exact) mass is 474 g/mol. The number of carbonyl (C=O) groups is 2. The van der Waals surface area contributed by atoms with E-state index in [1.807, 2.05) is 12.1 Å². The lowest BCUT2D eigenvalue weighted by molar-refractivity contribution is 0.0846. The molecular formula is C24H31BrN2O3. The Labute approximate surface area is 187 Å². The summed E-state index contributed by atoms with van der Waals surface area (Å²) in [5.74, 6) is -0.0641. The Balaban J connectivity index is 1.88. The van der Waals surface area contributed by atoms with Gasteiger partial charge < -0.3 is 4.74 Å². The quantitative estimate of drug-likeness (QED) is 0.376. The van der Waals surface area contributed by atoms with E-state index in [0.717, 1.165) is 18.4 Å². The first-order valence-corrected chi connectivity index (χ1v) is 11.1. The Kier molecular flexibility index (Phi) is 8.90. The summed E-state index contributed by atoms with van der Waals surface area (Å²) in [5.41, 5.74) is 6.97. The highest BCUT2D eigenvalue weighted by Gasteiger charge is 2.15. The van der Waals surface area contributed by atoms with Gasteiger partial charge >= 0.3 is 0 Å². The molecule has 0 unspecified atom stereocenters. The minimum Gasteiger partial charge on any atom is -0.492 e. The predicted molar refractivity (Wildman–Crippen MR) is 124 cm³/mol. The molecule has 0 fully saturated rings. The molecule has 0 bridgehead atoms. The van der Waals surface area contributed by atoms with Crippen molar-refractivity contribution in [1.29, 1.82) is 0 Å². The van der Waals surface area contributed by atoms with Gasteiger partial charge in [0.1, 0.15) is 5.75 Å². The zero-order chi connectivity index (χ0) is 22.1. The van der Waals surface area contributed by atoms with Crippen molar-refractivity contribution >= 4 is 27.7 Å². The van der Waals surface area contributed by atoms with Crippen LogP contribution in [0, 0.1) is 0 Å². The third-order valence-electron chi connectivity index (χ3n) is 4.75. The van der Waals surface area contributed by atoms with E-state index in [9.17, 15) is 9.59 Å². The molecule has 0 aliphatic rings. The van der Waals surface area contributed by atoms with Gasteiger partial charge in [0.15, 0.2) is 0 Å². The van der Waals surface area contributed by atoms with Crippen molar-refractivity contribution in [1.82, 2.24) is 10.9 Å². The number of hydrogen-bond donors (Lipinski definition) is 2. The zero-order valence-corrected chi connectivity index (χ0v) is 19.8. The molecule has 0 saturated carbocycles. The van der Waals surface area contributed by atoms with E-state index in [1.54, 1.807) is 30.3 Å². The summed E-state index contributed by atoms with van der Waals surface area (Å²) in [6.07, 6.45) is 4.54. The third-order valence-corrected chi connectivity index (χ3v) is 5.37. The van der Waals surface area contributed by atoms with Gasteiger partial charge in [-0.05, 0) is 63.7 Å². The van der Waals surface area contributed by atoms with Crippen LogP contribution in [0.1, 0.15) is 79.7 Å². The molecule has 0 radical (unpaired) electrons. The molecule has 162 valence electrons. The lowest BCUT2D eigenvalue weighted by atomic mass is 9.87. The average molecular weight is 475 g/mol. The first-order valence-electron chi connectivity index (χ1n) is 10.4. The van der Waals surface area contributed by atoms with E-state index in [1.165, 1.54) is 12.8 Å². The van der Waals surface area contributed by atoms with Gasteiger partial charge in [0.2, 0.25) is 0 Å². The normalized spacial score (nSPS) is 11.1. The van der Waals surface area contributed by atoms with Gasteiger partial charge in [0.25, 0.3) is 11.8 Å². The molecular weight excluding hydrogens is 444 g/mol. The molecule has 0 heterocycles. The number of carbonyl (C=O) groups excluding carboxylic acids is 2. The fourth-order valence-corrected chi connectivity index (χ4v) is 3.34. The van der Waals surface area contributed by atoms with Crippen molar-refractivity contribution in [3.63, 3.8) is 0 Å². The Morgan fingerprint density at radius 2 is 1.50 bits per heavy atom. The molecule has 0 aliphatic carbocycles. The number of rotatable bonds is 8. The van der Waals surface area contributed by atoms with Crippen LogP contribution in [0.3, 0.4) is 0 Å². The van der Waals surface area contributed by atoms with Gasteiger partial charge in [0, 0.05) is 11.1 Å². The lowest BCUT2D eigenvalue weighted by Crippen LogP contribution is -2.41. The van der Waals surface area contributed by atoms with Crippen LogP contribution in [-0.2, 0) is 5.41 Å². The van der Waals surface area contributed by atoms with E-state index < -0.39 is 5.91 Å². The van der Waals surface area contributed by atoms with Crippen molar-refractivity contribution in [3.8, 4) is 5.75 Å². The average Bonchev–Trinajstić information content (AvgIpc) is 2.72. The molecule has 6 heteroatoms. The molecule has 2 rings (SSSR count). The Morgan fingerprint density at radius 3 is 2.07 bits per heavy atom. The van der Waals surface area contributed by atoms with Crippen molar-refractivity contribution in [2.75, 3.05) is 6.61 Å². The van der Waals surface area contributed by atoms with E-state index >= 15 is 0 Å². The summed E-state index contributed by atoms with van der Waals surface area (Å²) in [5, 5.41) is 0. The standard InChI is InChI=1S/C24H31BrN2O3/c1-5-6-7-8-15-30-21-14-11-18(16-20(21)25)23(29)27-26-22(28)17-9-12-19(13-10-17)24(2,3)4/h9-14,16H,5-8,15H2,1-4H3,(H,26,28)(H,27,29). The summed E-state index contributed by atoms with van der Waals surface area (Å²) >= 11 is 3.45. The van der Waals surface area contributed by atoms with Crippen LogP contribution in [0.2, 0.25) is 0 Å². The van der Waals surface area contributed by atoms with Crippen molar-refractivity contribution in [2.24, 2.45) is 0 Å². The highest BCUT2D eigenvalue weighted by atomic mass is 79.9. The van der Waals surface area contributed by atoms with Crippen molar-refractivity contribution < 1.29 is 14.3 Å². The summed E-state index contributed by atoms with van der Waals surface area (Å²) in [6.45, 7) is 9.16. The van der Waals surface area contributed by atoms with Crippen LogP contribution in [0.25, 0.3) is 0 Å². The number of hydrogen-bond acceptors (Lipinski definition) is 3. The molecule has 5 nitrogen and oxygen atoms in total. The van der Waals surface area contributed by atoms with Gasteiger partial charge in [-0.15, -0.1) is 0 Å². The first-order chi connectivity index (χ1) is 14.2. The summed E-state index contributed by atoms with van der Waals surface area (Å²) in [7, 11) is 0. The van der Waals surface area contributed by atoms with E-state index in [-0.39, 0.29) is 11.3 Å². The van der Waals surface area contributed by atoms with Gasteiger partial charge in [-0.3, -0.25) is 20.4 Å². The zero-order valence-electron chi connectivity index (χ0n) is 18.2. The molecule has 2 N–H and O–H groups in total.